The molecule has 0 saturated carbocycles. The minimum absolute atomic E-state index is 0.0385. The molecule has 30 heavy (non-hydrogen) atoms. The fraction of sp³-hybridized carbons (Fsp3) is 0.304. The molecule has 7 heteroatoms. The molecular weight excluding hydrogens is 382 g/mol. The molecular formula is C23H23N3O4. The van der Waals surface area contributed by atoms with Crippen molar-refractivity contribution in [3.63, 3.8) is 0 Å². The molecule has 4 rings (SSSR count). The Kier molecular flexibility index (Phi) is 5.35. The largest absolute Gasteiger partial charge is 0.368 e. The molecule has 2 aromatic carbocycles. The van der Waals surface area contributed by atoms with Gasteiger partial charge in [0.25, 0.3) is 5.91 Å². The van der Waals surface area contributed by atoms with E-state index < -0.39 is 0 Å². The first-order valence-electron chi connectivity index (χ1n) is 10.0. The molecule has 0 radical (unpaired) electrons. The van der Waals surface area contributed by atoms with Crippen LogP contribution in [0.3, 0.4) is 0 Å². The third-order valence-corrected chi connectivity index (χ3v) is 5.61. The minimum atomic E-state index is -0.228. The van der Waals surface area contributed by atoms with E-state index in [9.17, 15) is 19.2 Å². The van der Waals surface area contributed by atoms with Crippen LogP contribution in [0.1, 0.15) is 40.5 Å². The quantitative estimate of drug-likeness (QED) is 0.577. The highest BCUT2D eigenvalue weighted by Gasteiger charge is 2.31. The zero-order chi connectivity index (χ0) is 21.3. The second kappa shape index (κ2) is 8.10. The lowest BCUT2D eigenvalue weighted by Gasteiger charge is -2.36. The Morgan fingerprint density at radius 3 is 2.00 bits per heavy atom. The highest BCUT2D eigenvalue weighted by molar-refractivity contribution is 6.20. The van der Waals surface area contributed by atoms with Crippen LogP contribution in [-0.2, 0) is 9.59 Å². The first-order valence-corrected chi connectivity index (χ1v) is 10.0. The lowest BCUT2D eigenvalue weighted by Crippen LogP contribution is -2.48. The van der Waals surface area contributed by atoms with Gasteiger partial charge in [-0.15, -0.1) is 0 Å². The fourth-order valence-electron chi connectivity index (χ4n) is 3.90. The number of imide groups is 1. The number of ketones is 1. The third kappa shape index (κ3) is 3.83. The number of anilines is 2. The van der Waals surface area contributed by atoms with Crippen molar-refractivity contribution in [3.8, 4) is 0 Å². The van der Waals surface area contributed by atoms with E-state index in [1.165, 1.54) is 4.90 Å². The van der Waals surface area contributed by atoms with Crippen LogP contribution < -0.4 is 9.80 Å². The summed E-state index contributed by atoms with van der Waals surface area (Å²) in [6.07, 6.45) is 0.429. The van der Waals surface area contributed by atoms with E-state index >= 15 is 0 Å². The van der Waals surface area contributed by atoms with Crippen LogP contribution in [0.4, 0.5) is 11.4 Å². The molecule has 0 bridgehead atoms. The number of piperazine rings is 1. The maximum Gasteiger partial charge on any atom is 0.254 e. The second-order valence-electron chi connectivity index (χ2n) is 7.56. The summed E-state index contributed by atoms with van der Waals surface area (Å²) in [5.41, 5.74) is 2.64. The molecule has 2 aliphatic rings. The topological polar surface area (TPSA) is 78.0 Å². The molecule has 3 amide bonds. The van der Waals surface area contributed by atoms with Crippen molar-refractivity contribution in [1.29, 1.82) is 0 Å². The molecule has 2 heterocycles. The van der Waals surface area contributed by atoms with Crippen molar-refractivity contribution in [2.24, 2.45) is 0 Å². The Morgan fingerprint density at radius 2 is 1.40 bits per heavy atom. The third-order valence-electron chi connectivity index (χ3n) is 5.61. The van der Waals surface area contributed by atoms with Gasteiger partial charge in [-0.1, -0.05) is 6.07 Å². The number of Topliss-reactive ketones (excluding diaryl/α,β-unsaturated/α-hetero) is 1. The van der Waals surface area contributed by atoms with Crippen LogP contribution in [0.25, 0.3) is 0 Å². The van der Waals surface area contributed by atoms with Crippen LogP contribution in [0.15, 0.2) is 48.5 Å². The van der Waals surface area contributed by atoms with E-state index in [1.807, 2.05) is 24.3 Å². The average molecular weight is 405 g/mol. The molecule has 0 atom stereocenters. The van der Waals surface area contributed by atoms with Gasteiger partial charge in [0, 0.05) is 55.8 Å². The molecule has 0 unspecified atom stereocenters. The van der Waals surface area contributed by atoms with Gasteiger partial charge >= 0.3 is 0 Å². The molecule has 2 fully saturated rings. The van der Waals surface area contributed by atoms with E-state index in [-0.39, 0.29) is 36.3 Å². The normalized spacial score (nSPS) is 16.9. The number of hydrogen-bond donors (Lipinski definition) is 0. The van der Waals surface area contributed by atoms with Crippen molar-refractivity contribution in [2.45, 2.75) is 19.8 Å². The van der Waals surface area contributed by atoms with Gasteiger partial charge in [-0.05, 0) is 49.4 Å². The van der Waals surface area contributed by atoms with E-state index in [1.54, 1.807) is 36.1 Å². The summed E-state index contributed by atoms with van der Waals surface area (Å²) in [5.74, 6) is -0.526. The SMILES string of the molecule is CC(=O)c1ccc(N2CCN(C(=O)c3cccc(N4C(=O)CCC4=O)c3)CC2)cc1. The molecule has 0 spiro atoms. The summed E-state index contributed by atoms with van der Waals surface area (Å²) in [4.78, 5) is 53.5. The van der Waals surface area contributed by atoms with Gasteiger partial charge in [-0.2, -0.15) is 0 Å². The van der Waals surface area contributed by atoms with Crippen molar-refractivity contribution >= 4 is 34.9 Å². The van der Waals surface area contributed by atoms with Crippen molar-refractivity contribution in [1.82, 2.24) is 4.90 Å². The summed E-state index contributed by atoms with van der Waals surface area (Å²) >= 11 is 0. The number of rotatable bonds is 4. The fourth-order valence-corrected chi connectivity index (χ4v) is 3.90. The van der Waals surface area contributed by atoms with Crippen LogP contribution in [-0.4, -0.2) is 54.6 Å². The van der Waals surface area contributed by atoms with Gasteiger partial charge in [0.1, 0.15) is 0 Å². The summed E-state index contributed by atoms with van der Waals surface area (Å²) < 4.78 is 0. The van der Waals surface area contributed by atoms with Gasteiger partial charge in [0.2, 0.25) is 11.8 Å². The standard InChI is InChI=1S/C23H23N3O4/c1-16(27)17-5-7-19(8-6-17)24-11-13-25(14-12-24)23(30)18-3-2-4-20(15-18)26-21(28)9-10-22(26)29/h2-8,15H,9-14H2,1H3. The lowest BCUT2D eigenvalue weighted by atomic mass is 10.1. The Morgan fingerprint density at radius 1 is 0.767 bits per heavy atom. The summed E-state index contributed by atoms with van der Waals surface area (Å²) in [6.45, 7) is 4.06. The van der Waals surface area contributed by atoms with Crippen molar-refractivity contribution in [2.75, 3.05) is 36.0 Å². The maximum atomic E-state index is 13.0. The van der Waals surface area contributed by atoms with E-state index in [2.05, 4.69) is 4.90 Å². The molecule has 0 aliphatic carbocycles. The highest BCUT2D eigenvalue weighted by atomic mass is 16.2. The first kappa shape index (κ1) is 19.8. The van der Waals surface area contributed by atoms with Crippen LogP contribution >= 0.6 is 0 Å². The van der Waals surface area contributed by atoms with E-state index in [0.29, 0.717) is 43.0 Å². The molecule has 2 aliphatic heterocycles. The lowest BCUT2D eigenvalue weighted by molar-refractivity contribution is -0.121. The molecule has 154 valence electrons. The number of carbonyl (C=O) groups is 4. The van der Waals surface area contributed by atoms with Crippen molar-refractivity contribution < 1.29 is 19.2 Å². The summed E-state index contributed by atoms with van der Waals surface area (Å²) in [7, 11) is 0. The molecule has 2 aromatic rings. The molecule has 0 N–H and O–H groups in total. The average Bonchev–Trinajstić information content (AvgIpc) is 3.11. The molecule has 0 aromatic heterocycles. The second-order valence-corrected chi connectivity index (χ2v) is 7.56. The zero-order valence-electron chi connectivity index (χ0n) is 16.8. The minimum Gasteiger partial charge on any atom is -0.368 e. The van der Waals surface area contributed by atoms with Crippen LogP contribution in [0.2, 0.25) is 0 Å². The Bertz CT molecular complexity index is 991. The number of benzene rings is 2. The summed E-state index contributed by atoms with van der Waals surface area (Å²) in [5, 5.41) is 0. The Labute approximate surface area is 174 Å². The molecule has 7 nitrogen and oxygen atoms in total. The zero-order valence-corrected chi connectivity index (χ0v) is 16.8. The first-order chi connectivity index (χ1) is 14.4. The number of nitrogens with zero attached hydrogens (tertiary/aromatic N) is 3. The molecule has 2 saturated heterocycles. The van der Waals surface area contributed by atoms with Gasteiger partial charge in [-0.25, -0.2) is 0 Å². The van der Waals surface area contributed by atoms with E-state index in [4.69, 9.17) is 0 Å². The van der Waals surface area contributed by atoms with E-state index in [0.717, 1.165) is 5.69 Å². The van der Waals surface area contributed by atoms with Gasteiger partial charge in [-0.3, -0.25) is 24.1 Å². The maximum absolute atomic E-state index is 13.0. The van der Waals surface area contributed by atoms with Gasteiger partial charge in [0.05, 0.1) is 5.69 Å². The number of hydrogen-bond acceptors (Lipinski definition) is 5. The predicted molar refractivity (Wildman–Crippen MR) is 113 cm³/mol. The number of amides is 3. The van der Waals surface area contributed by atoms with Gasteiger partial charge < -0.3 is 9.80 Å². The Balaban J connectivity index is 1.42. The van der Waals surface area contributed by atoms with Crippen LogP contribution in [0.5, 0.6) is 0 Å². The highest BCUT2D eigenvalue weighted by Crippen LogP contribution is 2.24. The van der Waals surface area contributed by atoms with Crippen LogP contribution in [0, 0.1) is 0 Å². The smallest absolute Gasteiger partial charge is 0.254 e. The van der Waals surface area contributed by atoms with Gasteiger partial charge in [0.15, 0.2) is 5.78 Å². The predicted octanol–water partition coefficient (Wildman–Crippen LogP) is 2.51. The van der Waals surface area contributed by atoms with Crippen molar-refractivity contribution in [3.05, 3.63) is 59.7 Å². The number of carbonyl (C=O) groups excluding carboxylic acids is 4. The Hall–Kier alpha value is -3.48. The monoisotopic (exact) mass is 405 g/mol. The summed E-state index contributed by atoms with van der Waals surface area (Å²) in [6, 6.07) is 14.2.